The van der Waals surface area contributed by atoms with E-state index in [4.69, 9.17) is 16.3 Å². The smallest absolute Gasteiger partial charge is 0.262 e. The molecule has 0 unspecified atom stereocenters. The molecule has 126 valence electrons. The first-order valence-corrected chi connectivity index (χ1v) is 8.63. The minimum absolute atomic E-state index is 0.112. The maximum absolute atomic E-state index is 12.4. The Morgan fingerprint density at radius 1 is 1.20 bits per heavy atom. The third kappa shape index (κ3) is 2.69. The molecule has 0 amide bonds. The number of aryl methyl sites for hydroxylation is 1. The van der Waals surface area contributed by atoms with Gasteiger partial charge in [-0.15, -0.1) is 10.2 Å². The zero-order valence-corrected chi connectivity index (χ0v) is 15.5. The fourth-order valence-corrected chi connectivity index (χ4v) is 3.45. The zero-order chi connectivity index (χ0) is 17.6. The summed E-state index contributed by atoms with van der Waals surface area (Å²) in [6.07, 6.45) is 0. The summed E-state index contributed by atoms with van der Waals surface area (Å²) < 4.78 is 9.97. The van der Waals surface area contributed by atoms with Gasteiger partial charge in [0.05, 0.1) is 15.9 Å². The van der Waals surface area contributed by atoms with Gasteiger partial charge in [-0.2, -0.15) is 0 Å². The maximum Gasteiger partial charge on any atom is 0.262 e. The molecule has 0 saturated carbocycles. The predicted octanol–water partition coefficient (Wildman–Crippen LogP) is 3.58. The Balaban J connectivity index is 1.82. The quantitative estimate of drug-likeness (QED) is 0.509. The van der Waals surface area contributed by atoms with Crippen LogP contribution in [0.25, 0.3) is 16.7 Å². The molecule has 0 aliphatic carbocycles. The van der Waals surface area contributed by atoms with Crippen molar-refractivity contribution in [1.29, 1.82) is 0 Å². The average Bonchev–Trinajstić information content (AvgIpc) is 3.03. The SMILES string of the molecule is Cn1c(=O)c2ccccc2n2c(COc3ccc(Br)cc3Cl)nnc12. The lowest BCUT2D eigenvalue weighted by Gasteiger charge is -2.09. The molecule has 2 heterocycles. The standard InChI is InChI=1S/C17H12BrClN4O2/c1-22-16(24)11-4-2-3-5-13(11)23-15(20-21-17(22)23)9-25-14-7-6-10(18)8-12(14)19/h2-8H,9H2,1H3. The van der Waals surface area contributed by atoms with E-state index in [9.17, 15) is 4.79 Å². The zero-order valence-electron chi connectivity index (χ0n) is 13.1. The van der Waals surface area contributed by atoms with E-state index < -0.39 is 0 Å². The lowest BCUT2D eigenvalue weighted by molar-refractivity contribution is 0.295. The van der Waals surface area contributed by atoms with Crippen LogP contribution in [-0.2, 0) is 13.7 Å². The van der Waals surface area contributed by atoms with Crippen LogP contribution >= 0.6 is 27.5 Å². The van der Waals surface area contributed by atoms with Crippen molar-refractivity contribution in [2.45, 2.75) is 6.61 Å². The predicted molar refractivity (Wildman–Crippen MR) is 99.2 cm³/mol. The van der Waals surface area contributed by atoms with Crippen molar-refractivity contribution in [2.24, 2.45) is 7.05 Å². The number of fused-ring (bicyclic) bond motifs is 3. The lowest BCUT2D eigenvalue weighted by atomic mass is 10.2. The molecule has 0 N–H and O–H groups in total. The van der Waals surface area contributed by atoms with Gasteiger partial charge in [0.2, 0.25) is 5.78 Å². The minimum Gasteiger partial charge on any atom is -0.484 e. The molecule has 2 aromatic heterocycles. The van der Waals surface area contributed by atoms with E-state index in [1.54, 1.807) is 25.2 Å². The maximum atomic E-state index is 12.4. The van der Waals surface area contributed by atoms with Crippen LogP contribution in [0.3, 0.4) is 0 Å². The van der Waals surface area contributed by atoms with Crippen LogP contribution in [0, 0.1) is 0 Å². The van der Waals surface area contributed by atoms with E-state index in [0.29, 0.717) is 27.8 Å². The fourth-order valence-electron chi connectivity index (χ4n) is 2.72. The second kappa shape index (κ2) is 6.16. The molecular formula is C17H12BrClN4O2. The molecule has 0 aliphatic rings. The van der Waals surface area contributed by atoms with E-state index in [-0.39, 0.29) is 12.2 Å². The Bertz CT molecular complexity index is 1170. The average molecular weight is 420 g/mol. The number of halogens is 2. The van der Waals surface area contributed by atoms with Crippen molar-refractivity contribution in [2.75, 3.05) is 0 Å². The first-order chi connectivity index (χ1) is 12.1. The molecule has 0 fully saturated rings. The Kier molecular flexibility index (Phi) is 3.97. The summed E-state index contributed by atoms with van der Waals surface area (Å²) in [5.74, 6) is 1.60. The second-order valence-corrected chi connectivity index (χ2v) is 6.82. The third-order valence-corrected chi connectivity index (χ3v) is 4.73. The molecule has 0 atom stereocenters. The molecule has 25 heavy (non-hydrogen) atoms. The molecule has 8 heteroatoms. The van der Waals surface area contributed by atoms with Gasteiger partial charge in [0.25, 0.3) is 5.56 Å². The van der Waals surface area contributed by atoms with E-state index >= 15 is 0 Å². The number of benzene rings is 2. The monoisotopic (exact) mass is 418 g/mol. The molecule has 0 radical (unpaired) electrons. The molecule has 6 nitrogen and oxygen atoms in total. The summed E-state index contributed by atoms with van der Waals surface area (Å²) in [5.41, 5.74) is 0.630. The second-order valence-electron chi connectivity index (χ2n) is 5.50. The number of nitrogens with zero attached hydrogens (tertiary/aromatic N) is 4. The van der Waals surface area contributed by atoms with Gasteiger partial charge in [-0.3, -0.25) is 13.8 Å². The van der Waals surface area contributed by atoms with E-state index in [1.807, 2.05) is 28.7 Å². The Morgan fingerprint density at radius 3 is 2.80 bits per heavy atom. The summed E-state index contributed by atoms with van der Waals surface area (Å²) in [6, 6.07) is 12.7. The molecule has 2 aromatic carbocycles. The van der Waals surface area contributed by atoms with Crippen LogP contribution < -0.4 is 10.3 Å². The van der Waals surface area contributed by atoms with Gasteiger partial charge in [0, 0.05) is 11.5 Å². The van der Waals surface area contributed by atoms with Crippen LogP contribution in [0.4, 0.5) is 0 Å². The Morgan fingerprint density at radius 2 is 2.00 bits per heavy atom. The highest BCUT2D eigenvalue weighted by atomic mass is 79.9. The third-order valence-electron chi connectivity index (χ3n) is 3.94. The number of aromatic nitrogens is 4. The van der Waals surface area contributed by atoms with Gasteiger partial charge in [-0.1, -0.05) is 39.7 Å². The first kappa shape index (κ1) is 16.1. The molecular weight excluding hydrogens is 408 g/mol. The van der Waals surface area contributed by atoms with Crippen molar-refractivity contribution < 1.29 is 4.74 Å². The number of para-hydroxylation sites is 1. The molecule has 0 spiro atoms. The van der Waals surface area contributed by atoms with Crippen LogP contribution in [0.15, 0.2) is 51.7 Å². The topological polar surface area (TPSA) is 61.4 Å². The highest BCUT2D eigenvalue weighted by Gasteiger charge is 2.15. The van der Waals surface area contributed by atoms with Gasteiger partial charge >= 0.3 is 0 Å². The summed E-state index contributed by atoms with van der Waals surface area (Å²) in [6.45, 7) is 0.171. The summed E-state index contributed by atoms with van der Waals surface area (Å²) in [4.78, 5) is 12.4. The highest BCUT2D eigenvalue weighted by molar-refractivity contribution is 9.10. The normalized spacial score (nSPS) is 11.3. The van der Waals surface area contributed by atoms with Crippen LogP contribution in [-0.4, -0.2) is 19.2 Å². The molecule has 4 aromatic rings. The van der Waals surface area contributed by atoms with Crippen molar-refractivity contribution in [3.05, 3.63) is 68.1 Å². The molecule has 0 saturated heterocycles. The van der Waals surface area contributed by atoms with Gasteiger partial charge in [0.1, 0.15) is 12.4 Å². The molecule has 0 aliphatic heterocycles. The first-order valence-electron chi connectivity index (χ1n) is 7.46. The van der Waals surface area contributed by atoms with Gasteiger partial charge < -0.3 is 4.74 Å². The minimum atomic E-state index is -0.112. The van der Waals surface area contributed by atoms with Gasteiger partial charge in [-0.25, -0.2) is 0 Å². The summed E-state index contributed by atoms with van der Waals surface area (Å²) in [5, 5.41) is 9.42. The fraction of sp³-hybridized carbons (Fsp3) is 0.118. The largest absolute Gasteiger partial charge is 0.484 e. The van der Waals surface area contributed by atoms with E-state index in [2.05, 4.69) is 26.1 Å². The number of hydrogen-bond acceptors (Lipinski definition) is 4. The number of ether oxygens (including phenoxy) is 1. The van der Waals surface area contributed by atoms with Gasteiger partial charge in [-0.05, 0) is 30.3 Å². The van der Waals surface area contributed by atoms with Crippen molar-refractivity contribution in [1.82, 2.24) is 19.2 Å². The van der Waals surface area contributed by atoms with E-state index in [1.165, 1.54) is 4.57 Å². The van der Waals surface area contributed by atoms with Crippen molar-refractivity contribution in [3.8, 4) is 5.75 Å². The van der Waals surface area contributed by atoms with Gasteiger partial charge in [0.15, 0.2) is 5.82 Å². The summed E-state index contributed by atoms with van der Waals surface area (Å²) in [7, 11) is 1.68. The molecule has 4 rings (SSSR count). The number of rotatable bonds is 3. The van der Waals surface area contributed by atoms with Crippen molar-refractivity contribution >= 4 is 44.2 Å². The highest BCUT2D eigenvalue weighted by Crippen LogP contribution is 2.28. The Hall–Kier alpha value is -2.38. The Labute approximate surface area is 155 Å². The van der Waals surface area contributed by atoms with Crippen molar-refractivity contribution in [3.63, 3.8) is 0 Å². The van der Waals surface area contributed by atoms with Crippen LogP contribution in [0.1, 0.15) is 5.82 Å². The summed E-state index contributed by atoms with van der Waals surface area (Å²) >= 11 is 9.55. The lowest BCUT2D eigenvalue weighted by Crippen LogP contribution is -2.20. The van der Waals surface area contributed by atoms with Crippen LogP contribution in [0.5, 0.6) is 5.75 Å². The molecule has 0 bridgehead atoms. The van der Waals surface area contributed by atoms with E-state index in [0.717, 1.165) is 9.99 Å². The van der Waals surface area contributed by atoms with Crippen LogP contribution in [0.2, 0.25) is 5.02 Å². The number of hydrogen-bond donors (Lipinski definition) is 0.